The molecule has 0 aliphatic heterocycles. The minimum Gasteiger partial charge on any atom is -0.497 e. The topological polar surface area (TPSA) is 81.4 Å². The molecule has 0 saturated carbocycles. The number of nitrogen functional groups attached to an aromatic ring is 1. The van der Waals surface area contributed by atoms with Crippen LogP contribution in [0.25, 0.3) is 0 Å². The van der Waals surface area contributed by atoms with Crippen molar-refractivity contribution in [1.29, 1.82) is 0 Å². The molecule has 112 valence electrons. The highest BCUT2D eigenvalue weighted by Crippen LogP contribution is 2.27. The smallest absolute Gasteiger partial charge is 0.262 e. The zero-order valence-electron chi connectivity index (χ0n) is 11.6. The maximum absolute atomic E-state index is 13.1. The minimum atomic E-state index is -3.86. The number of anilines is 2. The molecule has 0 spiro atoms. The average molecular weight is 310 g/mol. The summed E-state index contributed by atoms with van der Waals surface area (Å²) in [5, 5.41) is 0. The van der Waals surface area contributed by atoms with Crippen LogP contribution in [-0.2, 0) is 10.0 Å². The second-order valence-electron chi connectivity index (χ2n) is 4.47. The van der Waals surface area contributed by atoms with Crippen LogP contribution in [0.3, 0.4) is 0 Å². The Hall–Kier alpha value is -2.28. The monoisotopic (exact) mass is 310 g/mol. The lowest BCUT2D eigenvalue weighted by Gasteiger charge is -2.13. The molecule has 7 heteroatoms. The van der Waals surface area contributed by atoms with Crippen LogP contribution in [-0.4, -0.2) is 15.5 Å². The zero-order chi connectivity index (χ0) is 15.6. The van der Waals surface area contributed by atoms with E-state index in [2.05, 4.69) is 4.72 Å². The highest BCUT2D eigenvalue weighted by atomic mass is 32.2. The summed E-state index contributed by atoms with van der Waals surface area (Å²) in [4.78, 5) is -0.00822. The molecule has 0 radical (unpaired) electrons. The lowest BCUT2D eigenvalue weighted by molar-refractivity contribution is 0.415. The second-order valence-corrected chi connectivity index (χ2v) is 6.12. The molecule has 0 saturated heterocycles. The van der Waals surface area contributed by atoms with Crippen LogP contribution in [0.5, 0.6) is 5.75 Å². The Morgan fingerprint density at radius 1 is 1.19 bits per heavy atom. The van der Waals surface area contributed by atoms with Gasteiger partial charge in [0.05, 0.1) is 23.4 Å². The minimum absolute atomic E-state index is 0.00822. The Labute approximate surface area is 122 Å². The lowest BCUT2D eigenvalue weighted by Crippen LogP contribution is -2.15. The molecule has 0 aliphatic rings. The van der Waals surface area contributed by atoms with Crippen LogP contribution < -0.4 is 15.2 Å². The molecule has 0 fully saturated rings. The molecule has 0 atom stereocenters. The van der Waals surface area contributed by atoms with E-state index in [1.54, 1.807) is 6.07 Å². The third-order valence-electron chi connectivity index (χ3n) is 2.93. The average Bonchev–Trinajstić information content (AvgIpc) is 2.40. The lowest BCUT2D eigenvalue weighted by atomic mass is 10.2. The van der Waals surface area contributed by atoms with E-state index >= 15 is 0 Å². The van der Waals surface area contributed by atoms with Gasteiger partial charge in [-0.1, -0.05) is 0 Å². The summed E-state index contributed by atoms with van der Waals surface area (Å²) < 4.78 is 45.2. The molecule has 0 bridgehead atoms. The van der Waals surface area contributed by atoms with Crippen molar-refractivity contribution in [2.75, 3.05) is 17.6 Å². The van der Waals surface area contributed by atoms with E-state index in [1.807, 2.05) is 0 Å². The highest BCUT2D eigenvalue weighted by molar-refractivity contribution is 7.92. The number of hydrogen-bond acceptors (Lipinski definition) is 4. The van der Waals surface area contributed by atoms with Gasteiger partial charge in [0.1, 0.15) is 11.6 Å². The first-order chi connectivity index (χ1) is 9.83. The number of nitrogens with two attached hydrogens (primary N) is 1. The Kier molecular flexibility index (Phi) is 4.04. The summed E-state index contributed by atoms with van der Waals surface area (Å²) in [5.41, 5.74) is 6.53. The van der Waals surface area contributed by atoms with E-state index in [-0.39, 0.29) is 16.3 Å². The zero-order valence-corrected chi connectivity index (χ0v) is 12.4. The number of hydrogen-bond donors (Lipinski definition) is 2. The Bertz CT molecular complexity index is 776. The van der Waals surface area contributed by atoms with Crippen LogP contribution in [0.4, 0.5) is 15.8 Å². The fourth-order valence-electron chi connectivity index (χ4n) is 1.86. The van der Waals surface area contributed by atoms with Gasteiger partial charge < -0.3 is 10.5 Å². The number of methoxy groups -OCH3 is 1. The maximum Gasteiger partial charge on any atom is 0.262 e. The molecule has 0 amide bonds. The van der Waals surface area contributed by atoms with E-state index in [4.69, 9.17) is 10.5 Å². The number of nitrogens with one attached hydrogen (secondary N) is 1. The van der Waals surface area contributed by atoms with Crippen LogP contribution >= 0.6 is 0 Å². The van der Waals surface area contributed by atoms with Crippen LogP contribution in [0, 0.1) is 12.7 Å². The number of aryl methyl sites for hydroxylation is 1. The maximum atomic E-state index is 13.1. The molecule has 2 aromatic carbocycles. The van der Waals surface area contributed by atoms with Crippen molar-refractivity contribution in [1.82, 2.24) is 0 Å². The predicted molar refractivity (Wildman–Crippen MR) is 79.4 cm³/mol. The van der Waals surface area contributed by atoms with Gasteiger partial charge in [0.25, 0.3) is 10.0 Å². The van der Waals surface area contributed by atoms with Crippen molar-refractivity contribution in [2.24, 2.45) is 0 Å². The van der Waals surface area contributed by atoms with Crippen molar-refractivity contribution >= 4 is 21.4 Å². The van der Waals surface area contributed by atoms with Crippen molar-refractivity contribution in [2.45, 2.75) is 11.8 Å². The van der Waals surface area contributed by atoms with Crippen molar-refractivity contribution in [3.8, 4) is 5.75 Å². The number of ether oxygens (including phenoxy) is 1. The normalized spacial score (nSPS) is 11.2. The van der Waals surface area contributed by atoms with Gasteiger partial charge in [-0.25, -0.2) is 12.8 Å². The second kappa shape index (κ2) is 5.61. The third kappa shape index (κ3) is 3.25. The summed E-state index contributed by atoms with van der Waals surface area (Å²) in [6, 6.07) is 8.10. The molecule has 3 N–H and O–H groups in total. The molecule has 21 heavy (non-hydrogen) atoms. The van der Waals surface area contributed by atoms with E-state index in [0.717, 1.165) is 12.1 Å². The largest absolute Gasteiger partial charge is 0.497 e. The van der Waals surface area contributed by atoms with Gasteiger partial charge >= 0.3 is 0 Å². The molecular weight excluding hydrogens is 295 g/mol. The predicted octanol–water partition coefficient (Wildman–Crippen LogP) is 2.53. The Morgan fingerprint density at radius 2 is 1.90 bits per heavy atom. The van der Waals surface area contributed by atoms with Gasteiger partial charge in [0.15, 0.2) is 0 Å². The van der Waals surface area contributed by atoms with E-state index < -0.39 is 15.8 Å². The molecule has 0 unspecified atom stereocenters. The molecule has 5 nitrogen and oxygen atoms in total. The van der Waals surface area contributed by atoms with Crippen molar-refractivity contribution < 1.29 is 17.5 Å². The van der Waals surface area contributed by atoms with Gasteiger partial charge in [-0.2, -0.15) is 0 Å². The molecule has 2 aromatic rings. The number of benzene rings is 2. The highest BCUT2D eigenvalue weighted by Gasteiger charge is 2.18. The van der Waals surface area contributed by atoms with E-state index in [1.165, 1.54) is 32.2 Å². The SMILES string of the molecule is COc1ccc(N)c(NS(=O)(=O)c2ccc(F)cc2C)c1. The fraction of sp³-hybridized carbons (Fsp3) is 0.143. The van der Waals surface area contributed by atoms with Gasteiger partial charge in [-0.15, -0.1) is 0 Å². The van der Waals surface area contributed by atoms with Gasteiger partial charge in [-0.05, 0) is 42.8 Å². The molecule has 0 heterocycles. The fourth-order valence-corrected chi connectivity index (χ4v) is 3.17. The van der Waals surface area contributed by atoms with Crippen molar-refractivity contribution in [3.63, 3.8) is 0 Å². The molecule has 0 aromatic heterocycles. The summed E-state index contributed by atoms with van der Waals surface area (Å²) in [6.07, 6.45) is 0. The number of sulfonamides is 1. The number of halogens is 1. The van der Waals surface area contributed by atoms with Crippen LogP contribution in [0.1, 0.15) is 5.56 Å². The molecule has 0 aliphatic carbocycles. The Morgan fingerprint density at radius 3 is 2.52 bits per heavy atom. The first-order valence-corrected chi connectivity index (χ1v) is 7.54. The first-order valence-electron chi connectivity index (χ1n) is 6.06. The van der Waals surface area contributed by atoms with E-state index in [0.29, 0.717) is 11.3 Å². The summed E-state index contributed by atoms with van der Waals surface area (Å²) in [7, 11) is -2.39. The number of rotatable bonds is 4. The summed E-state index contributed by atoms with van der Waals surface area (Å²) in [6.45, 7) is 1.52. The Balaban J connectivity index is 2.42. The summed E-state index contributed by atoms with van der Waals surface area (Å²) >= 11 is 0. The first kappa shape index (κ1) is 15.1. The third-order valence-corrected chi connectivity index (χ3v) is 4.46. The molecule has 2 rings (SSSR count). The van der Waals surface area contributed by atoms with Crippen LogP contribution in [0.2, 0.25) is 0 Å². The quantitative estimate of drug-likeness (QED) is 0.850. The van der Waals surface area contributed by atoms with Gasteiger partial charge in [-0.3, -0.25) is 4.72 Å². The summed E-state index contributed by atoms with van der Waals surface area (Å²) in [5.74, 6) is -0.0231. The van der Waals surface area contributed by atoms with Gasteiger partial charge in [0, 0.05) is 6.07 Å². The standard InChI is InChI=1S/C14H15FN2O3S/c1-9-7-10(15)3-6-14(9)21(18,19)17-13-8-11(20-2)4-5-12(13)16/h3-8,17H,16H2,1-2H3. The van der Waals surface area contributed by atoms with Gasteiger partial charge in [0.2, 0.25) is 0 Å². The molecular formula is C14H15FN2O3S. The van der Waals surface area contributed by atoms with E-state index in [9.17, 15) is 12.8 Å². The van der Waals surface area contributed by atoms with Crippen molar-refractivity contribution in [3.05, 3.63) is 47.8 Å². The van der Waals surface area contributed by atoms with Crippen LogP contribution in [0.15, 0.2) is 41.3 Å².